The van der Waals surface area contributed by atoms with E-state index in [2.05, 4.69) is 0 Å². The van der Waals surface area contributed by atoms with Gasteiger partial charge in [-0.05, 0) is 25.5 Å². The normalized spacial score (nSPS) is 8.83. The number of aromatic carboxylic acids is 1. The first-order valence-corrected chi connectivity index (χ1v) is 3.42. The van der Waals surface area contributed by atoms with Crippen molar-refractivity contribution in [3.8, 4) is 0 Å². The summed E-state index contributed by atoms with van der Waals surface area (Å²) in [4.78, 5) is 10.5. The second kappa shape index (κ2) is 3.90. The maximum atomic E-state index is 10.5. The fraction of sp³-hybridized carbons (Fsp3) is 0.300. The predicted molar refractivity (Wildman–Crippen MR) is 49.6 cm³/mol. The van der Waals surface area contributed by atoms with Gasteiger partial charge in [0.05, 0.1) is 5.56 Å². The number of carbonyl (C=O) groups is 1. The van der Waals surface area contributed by atoms with Gasteiger partial charge < -0.3 is 5.11 Å². The minimum Gasteiger partial charge on any atom is -0.478 e. The van der Waals surface area contributed by atoms with E-state index in [1.54, 1.807) is 19.1 Å². The van der Waals surface area contributed by atoms with Gasteiger partial charge in [-0.2, -0.15) is 0 Å². The highest BCUT2D eigenvalue weighted by Gasteiger charge is 2.04. The topological polar surface area (TPSA) is 37.3 Å². The minimum absolute atomic E-state index is 0. The summed E-state index contributed by atoms with van der Waals surface area (Å²) in [6.07, 6.45) is 0. The average Bonchev–Trinajstić information content (AvgIpc) is 1.85. The Morgan fingerprint density at radius 1 is 1.33 bits per heavy atom. The van der Waals surface area contributed by atoms with Crippen molar-refractivity contribution in [2.24, 2.45) is 0 Å². The molecule has 1 aromatic rings. The van der Waals surface area contributed by atoms with Gasteiger partial charge in [0.1, 0.15) is 0 Å². The molecule has 0 aliphatic rings. The van der Waals surface area contributed by atoms with Gasteiger partial charge in [0.15, 0.2) is 0 Å². The van der Waals surface area contributed by atoms with E-state index in [-0.39, 0.29) is 7.43 Å². The van der Waals surface area contributed by atoms with E-state index in [0.717, 1.165) is 11.1 Å². The molecule has 0 radical (unpaired) electrons. The second-order valence-corrected chi connectivity index (χ2v) is 2.62. The molecule has 1 N–H and O–H groups in total. The molecular formula is C10H14O2. The van der Waals surface area contributed by atoms with Crippen LogP contribution in [-0.2, 0) is 0 Å². The number of hydrogen-bond acceptors (Lipinski definition) is 1. The number of hydrogen-bond donors (Lipinski definition) is 1. The van der Waals surface area contributed by atoms with Crippen molar-refractivity contribution < 1.29 is 9.90 Å². The zero-order chi connectivity index (χ0) is 8.43. The zero-order valence-electron chi connectivity index (χ0n) is 6.59. The summed E-state index contributed by atoms with van der Waals surface area (Å²) >= 11 is 0. The molecule has 0 aliphatic carbocycles. The summed E-state index contributed by atoms with van der Waals surface area (Å²) < 4.78 is 0. The highest BCUT2D eigenvalue weighted by molar-refractivity contribution is 5.89. The van der Waals surface area contributed by atoms with E-state index in [4.69, 9.17) is 5.11 Å². The molecule has 1 rings (SSSR count). The number of carboxylic acid groups (broad SMARTS) is 1. The van der Waals surface area contributed by atoms with E-state index in [9.17, 15) is 4.79 Å². The first kappa shape index (κ1) is 10.7. The van der Waals surface area contributed by atoms with Crippen LogP contribution in [0.15, 0.2) is 18.2 Å². The Bertz CT molecular complexity index is 290. The highest BCUT2D eigenvalue weighted by atomic mass is 16.4. The van der Waals surface area contributed by atoms with E-state index < -0.39 is 5.97 Å². The van der Waals surface area contributed by atoms with Crippen LogP contribution in [0.5, 0.6) is 0 Å². The molecule has 1 aromatic carbocycles. The van der Waals surface area contributed by atoms with Crippen LogP contribution in [0, 0.1) is 13.8 Å². The van der Waals surface area contributed by atoms with Crippen molar-refractivity contribution in [1.82, 2.24) is 0 Å². The lowest BCUT2D eigenvalue weighted by Crippen LogP contribution is -1.99. The Morgan fingerprint density at radius 2 is 1.92 bits per heavy atom. The molecule has 0 atom stereocenters. The van der Waals surface area contributed by atoms with Crippen LogP contribution < -0.4 is 0 Å². The average molecular weight is 166 g/mol. The van der Waals surface area contributed by atoms with Crippen molar-refractivity contribution >= 4 is 5.97 Å². The maximum Gasteiger partial charge on any atom is 0.335 e. The van der Waals surface area contributed by atoms with Crippen molar-refractivity contribution in [1.29, 1.82) is 0 Å². The molecule has 0 amide bonds. The first-order chi connectivity index (χ1) is 5.11. The predicted octanol–water partition coefficient (Wildman–Crippen LogP) is 2.64. The first-order valence-electron chi connectivity index (χ1n) is 3.42. The molecule has 0 fully saturated rings. The van der Waals surface area contributed by atoms with E-state index in [0.29, 0.717) is 5.56 Å². The van der Waals surface area contributed by atoms with Gasteiger partial charge in [-0.1, -0.05) is 25.1 Å². The molecule has 0 saturated heterocycles. The molecule has 66 valence electrons. The quantitative estimate of drug-likeness (QED) is 0.696. The smallest absolute Gasteiger partial charge is 0.335 e. The fourth-order valence-corrected chi connectivity index (χ4v) is 1.05. The SMILES string of the molecule is C.Cc1ccc(C(=O)O)c(C)c1. The van der Waals surface area contributed by atoms with Crippen LogP contribution >= 0.6 is 0 Å². The standard InChI is InChI=1S/C9H10O2.CH4/c1-6-3-4-8(9(10)11)7(2)5-6;/h3-5H,1-2H3,(H,10,11);1H4. The molecule has 0 heterocycles. The Kier molecular flexibility index (Phi) is 3.48. The minimum atomic E-state index is -0.859. The van der Waals surface area contributed by atoms with Crippen LogP contribution in [0.4, 0.5) is 0 Å². The summed E-state index contributed by atoms with van der Waals surface area (Å²) in [6.45, 7) is 3.75. The number of benzene rings is 1. The molecule has 0 bridgehead atoms. The summed E-state index contributed by atoms with van der Waals surface area (Å²) in [5.74, 6) is -0.859. The lowest BCUT2D eigenvalue weighted by atomic mass is 10.1. The van der Waals surface area contributed by atoms with E-state index >= 15 is 0 Å². The number of carboxylic acids is 1. The number of aryl methyl sites for hydroxylation is 2. The highest BCUT2D eigenvalue weighted by Crippen LogP contribution is 2.09. The van der Waals surface area contributed by atoms with Crippen LogP contribution in [-0.4, -0.2) is 11.1 Å². The van der Waals surface area contributed by atoms with Crippen molar-refractivity contribution in [3.63, 3.8) is 0 Å². The van der Waals surface area contributed by atoms with Crippen molar-refractivity contribution in [2.75, 3.05) is 0 Å². The lowest BCUT2D eigenvalue weighted by Gasteiger charge is -2.00. The molecule has 2 nitrogen and oxygen atoms in total. The van der Waals surface area contributed by atoms with Crippen molar-refractivity contribution in [2.45, 2.75) is 21.3 Å². The molecule has 12 heavy (non-hydrogen) atoms. The molecule has 0 aromatic heterocycles. The van der Waals surface area contributed by atoms with Crippen LogP contribution in [0.2, 0.25) is 0 Å². The van der Waals surface area contributed by atoms with E-state index in [1.807, 2.05) is 13.0 Å². The third-order valence-corrected chi connectivity index (χ3v) is 1.61. The van der Waals surface area contributed by atoms with Gasteiger partial charge in [-0.25, -0.2) is 4.79 Å². The molecule has 0 spiro atoms. The lowest BCUT2D eigenvalue weighted by molar-refractivity contribution is 0.0696. The Labute approximate surface area is 72.9 Å². The van der Waals surface area contributed by atoms with Crippen LogP contribution in [0.3, 0.4) is 0 Å². The zero-order valence-corrected chi connectivity index (χ0v) is 6.59. The molecule has 0 saturated carbocycles. The molecule has 2 heteroatoms. The third kappa shape index (κ3) is 2.09. The van der Waals surface area contributed by atoms with E-state index in [1.165, 1.54) is 0 Å². The Balaban J connectivity index is 0.00000121. The van der Waals surface area contributed by atoms with Gasteiger partial charge in [0.25, 0.3) is 0 Å². The van der Waals surface area contributed by atoms with Crippen LogP contribution in [0.1, 0.15) is 28.9 Å². The monoisotopic (exact) mass is 166 g/mol. The molecular weight excluding hydrogens is 152 g/mol. The maximum absolute atomic E-state index is 10.5. The van der Waals surface area contributed by atoms with Gasteiger partial charge in [-0.15, -0.1) is 0 Å². The summed E-state index contributed by atoms with van der Waals surface area (Å²) in [6, 6.07) is 5.30. The van der Waals surface area contributed by atoms with Crippen LogP contribution in [0.25, 0.3) is 0 Å². The summed E-state index contributed by atoms with van der Waals surface area (Å²) in [5.41, 5.74) is 2.29. The Hall–Kier alpha value is -1.31. The number of rotatable bonds is 1. The fourth-order valence-electron chi connectivity index (χ4n) is 1.05. The third-order valence-electron chi connectivity index (χ3n) is 1.61. The van der Waals surface area contributed by atoms with Gasteiger partial charge >= 0.3 is 5.97 Å². The largest absolute Gasteiger partial charge is 0.478 e. The summed E-state index contributed by atoms with van der Waals surface area (Å²) in [7, 11) is 0. The molecule has 0 unspecified atom stereocenters. The Morgan fingerprint density at radius 3 is 2.33 bits per heavy atom. The summed E-state index contributed by atoms with van der Waals surface area (Å²) in [5, 5.41) is 8.66. The molecule has 0 aliphatic heterocycles. The van der Waals surface area contributed by atoms with Gasteiger partial charge in [-0.3, -0.25) is 0 Å². The van der Waals surface area contributed by atoms with Gasteiger partial charge in [0.2, 0.25) is 0 Å². The van der Waals surface area contributed by atoms with Crippen molar-refractivity contribution in [3.05, 3.63) is 34.9 Å². The second-order valence-electron chi connectivity index (χ2n) is 2.62. The van der Waals surface area contributed by atoms with Gasteiger partial charge in [0, 0.05) is 0 Å².